The molecule has 1 heterocycles. The Morgan fingerprint density at radius 3 is 2.54 bits per heavy atom. The van der Waals surface area contributed by atoms with Crippen LogP contribution in [0.2, 0.25) is 0 Å². The van der Waals surface area contributed by atoms with Gasteiger partial charge in [0.25, 0.3) is 0 Å². The van der Waals surface area contributed by atoms with Crippen molar-refractivity contribution in [2.45, 2.75) is 44.9 Å². The van der Waals surface area contributed by atoms with Crippen LogP contribution >= 0.6 is 0 Å². The Bertz CT molecular complexity index is 802. The van der Waals surface area contributed by atoms with E-state index in [-0.39, 0.29) is 5.41 Å². The normalized spacial score (nSPS) is 32.1. The largest absolute Gasteiger partial charge is 0.497 e. The van der Waals surface area contributed by atoms with Crippen molar-refractivity contribution in [3.05, 3.63) is 30.0 Å². The summed E-state index contributed by atoms with van der Waals surface area (Å²) in [7, 11) is 1.69. The van der Waals surface area contributed by atoms with Gasteiger partial charge in [0, 0.05) is 29.1 Å². The van der Waals surface area contributed by atoms with E-state index in [4.69, 9.17) is 4.74 Å². The van der Waals surface area contributed by atoms with Crippen molar-refractivity contribution in [1.82, 2.24) is 10.3 Å². The standard InChI is InChI=1S/C22H28N2O2/c1-26-18-2-3-20-19(9-18)17(13-24-20)4-5-23-21(25)22-10-14-6-15(11-22)8-16(7-14)12-22/h2-3,9,13-16,24H,4-8,10-12H2,1H3,(H,23,25). The zero-order valence-electron chi connectivity index (χ0n) is 15.5. The first kappa shape index (κ1) is 16.2. The first-order valence-electron chi connectivity index (χ1n) is 10.1. The Kier molecular flexibility index (Phi) is 3.77. The third kappa shape index (κ3) is 2.62. The molecule has 2 aromatic rings. The zero-order chi connectivity index (χ0) is 17.7. The van der Waals surface area contributed by atoms with Crippen LogP contribution < -0.4 is 10.1 Å². The van der Waals surface area contributed by atoms with Gasteiger partial charge in [-0.3, -0.25) is 4.79 Å². The molecule has 4 fully saturated rings. The van der Waals surface area contributed by atoms with Crippen LogP contribution in [-0.2, 0) is 11.2 Å². The molecule has 138 valence electrons. The second-order valence-electron chi connectivity index (χ2n) is 8.93. The van der Waals surface area contributed by atoms with Crippen molar-refractivity contribution >= 4 is 16.8 Å². The van der Waals surface area contributed by atoms with Gasteiger partial charge in [-0.15, -0.1) is 0 Å². The summed E-state index contributed by atoms with van der Waals surface area (Å²) in [6, 6.07) is 6.09. The molecule has 4 aliphatic carbocycles. The third-order valence-electron chi connectivity index (χ3n) is 7.17. The molecule has 0 saturated heterocycles. The number of nitrogens with one attached hydrogen (secondary N) is 2. The highest BCUT2D eigenvalue weighted by atomic mass is 16.5. The summed E-state index contributed by atoms with van der Waals surface area (Å²) in [5, 5.41) is 4.48. The highest BCUT2D eigenvalue weighted by Crippen LogP contribution is 2.60. The lowest BCUT2D eigenvalue weighted by molar-refractivity contribution is -0.146. The van der Waals surface area contributed by atoms with Gasteiger partial charge in [-0.05, 0) is 86.5 Å². The molecule has 4 aliphatic rings. The average molecular weight is 352 g/mol. The maximum absolute atomic E-state index is 13.1. The van der Waals surface area contributed by atoms with E-state index in [1.165, 1.54) is 30.2 Å². The van der Waals surface area contributed by atoms with E-state index in [0.717, 1.165) is 54.7 Å². The van der Waals surface area contributed by atoms with Gasteiger partial charge in [0.15, 0.2) is 0 Å². The minimum Gasteiger partial charge on any atom is -0.497 e. The summed E-state index contributed by atoms with van der Waals surface area (Å²) in [6.45, 7) is 0.713. The van der Waals surface area contributed by atoms with E-state index >= 15 is 0 Å². The Labute approximate surface area is 154 Å². The zero-order valence-corrected chi connectivity index (χ0v) is 15.5. The lowest BCUT2D eigenvalue weighted by Crippen LogP contribution is -2.53. The maximum atomic E-state index is 13.1. The van der Waals surface area contributed by atoms with Crippen LogP contribution in [0.25, 0.3) is 10.9 Å². The SMILES string of the molecule is COc1ccc2[nH]cc(CCNC(=O)C34CC5CC(CC(C5)C3)C4)c2c1. The average Bonchev–Trinajstić information content (AvgIpc) is 3.02. The molecule has 2 N–H and O–H groups in total. The number of aromatic nitrogens is 1. The number of rotatable bonds is 5. The number of hydrogen-bond donors (Lipinski definition) is 2. The number of H-pyrrole nitrogens is 1. The predicted molar refractivity (Wildman–Crippen MR) is 102 cm³/mol. The minimum absolute atomic E-state index is 0.0435. The number of amides is 1. The minimum atomic E-state index is -0.0435. The van der Waals surface area contributed by atoms with Gasteiger partial charge >= 0.3 is 0 Å². The predicted octanol–water partition coefficient (Wildman–Crippen LogP) is 4.05. The maximum Gasteiger partial charge on any atom is 0.226 e. The van der Waals surface area contributed by atoms with E-state index in [2.05, 4.69) is 22.6 Å². The molecule has 1 aromatic heterocycles. The van der Waals surface area contributed by atoms with Crippen molar-refractivity contribution in [2.75, 3.05) is 13.7 Å². The number of benzene rings is 1. The van der Waals surface area contributed by atoms with E-state index in [9.17, 15) is 4.79 Å². The van der Waals surface area contributed by atoms with Gasteiger partial charge < -0.3 is 15.0 Å². The van der Waals surface area contributed by atoms with Crippen LogP contribution in [0.3, 0.4) is 0 Å². The lowest BCUT2D eigenvalue weighted by atomic mass is 9.49. The summed E-state index contributed by atoms with van der Waals surface area (Å²) in [6.07, 6.45) is 10.4. The second-order valence-corrected chi connectivity index (χ2v) is 8.93. The van der Waals surface area contributed by atoms with Gasteiger partial charge in [0.05, 0.1) is 7.11 Å². The monoisotopic (exact) mass is 352 g/mol. The molecule has 1 aromatic carbocycles. The lowest BCUT2D eigenvalue weighted by Gasteiger charge is -2.55. The van der Waals surface area contributed by atoms with Crippen molar-refractivity contribution in [2.24, 2.45) is 23.2 Å². The number of carbonyl (C=O) groups excluding carboxylic acids is 1. The van der Waals surface area contributed by atoms with Crippen LogP contribution in [-0.4, -0.2) is 24.5 Å². The number of carbonyl (C=O) groups is 1. The molecule has 0 radical (unpaired) electrons. The fourth-order valence-electron chi connectivity index (χ4n) is 6.38. The van der Waals surface area contributed by atoms with Crippen LogP contribution in [0.4, 0.5) is 0 Å². The summed E-state index contributed by atoms with van der Waals surface area (Å²) in [4.78, 5) is 16.4. The Hall–Kier alpha value is -1.97. The molecule has 4 heteroatoms. The number of aromatic amines is 1. The second kappa shape index (κ2) is 6.04. The molecular formula is C22H28N2O2. The Morgan fingerprint density at radius 2 is 1.88 bits per heavy atom. The molecule has 4 bridgehead atoms. The number of fused-ring (bicyclic) bond motifs is 1. The number of ether oxygens (including phenoxy) is 1. The van der Waals surface area contributed by atoms with E-state index < -0.39 is 0 Å². The van der Waals surface area contributed by atoms with Crippen molar-refractivity contribution in [3.8, 4) is 5.75 Å². The van der Waals surface area contributed by atoms with E-state index in [0.29, 0.717) is 12.5 Å². The van der Waals surface area contributed by atoms with Crippen molar-refractivity contribution in [1.29, 1.82) is 0 Å². The fraction of sp³-hybridized carbons (Fsp3) is 0.591. The van der Waals surface area contributed by atoms with Crippen molar-refractivity contribution < 1.29 is 9.53 Å². The highest BCUT2D eigenvalue weighted by molar-refractivity contribution is 5.85. The van der Waals surface area contributed by atoms with Crippen LogP contribution in [0.1, 0.15) is 44.1 Å². The highest BCUT2D eigenvalue weighted by Gasteiger charge is 2.54. The van der Waals surface area contributed by atoms with Gasteiger partial charge in [-0.1, -0.05) is 0 Å². The number of methoxy groups -OCH3 is 1. The molecule has 0 atom stereocenters. The van der Waals surface area contributed by atoms with Gasteiger partial charge in [0.2, 0.25) is 5.91 Å². The summed E-state index contributed by atoms with van der Waals surface area (Å²) < 4.78 is 5.34. The fourth-order valence-corrected chi connectivity index (χ4v) is 6.38. The smallest absolute Gasteiger partial charge is 0.226 e. The number of hydrogen-bond acceptors (Lipinski definition) is 2. The molecule has 4 saturated carbocycles. The van der Waals surface area contributed by atoms with Gasteiger partial charge in [-0.25, -0.2) is 0 Å². The molecule has 1 amide bonds. The Morgan fingerprint density at radius 1 is 1.19 bits per heavy atom. The van der Waals surface area contributed by atoms with Gasteiger partial charge in [0.1, 0.15) is 5.75 Å². The van der Waals surface area contributed by atoms with E-state index in [1.807, 2.05) is 12.1 Å². The first-order chi connectivity index (χ1) is 12.6. The first-order valence-corrected chi connectivity index (χ1v) is 10.1. The summed E-state index contributed by atoms with van der Waals surface area (Å²) in [5.74, 6) is 3.64. The quantitative estimate of drug-likeness (QED) is 0.853. The Balaban J connectivity index is 1.25. The third-order valence-corrected chi connectivity index (χ3v) is 7.17. The topological polar surface area (TPSA) is 54.1 Å². The summed E-state index contributed by atoms with van der Waals surface area (Å²) in [5.41, 5.74) is 2.32. The van der Waals surface area contributed by atoms with E-state index in [1.54, 1.807) is 7.11 Å². The van der Waals surface area contributed by atoms with Crippen LogP contribution in [0.15, 0.2) is 24.4 Å². The molecule has 6 rings (SSSR count). The molecule has 0 unspecified atom stereocenters. The molecular weight excluding hydrogens is 324 g/mol. The molecule has 0 spiro atoms. The van der Waals surface area contributed by atoms with Crippen LogP contribution in [0.5, 0.6) is 5.75 Å². The molecule has 0 aliphatic heterocycles. The molecule has 4 nitrogen and oxygen atoms in total. The van der Waals surface area contributed by atoms with Crippen molar-refractivity contribution in [3.63, 3.8) is 0 Å². The summed E-state index contributed by atoms with van der Waals surface area (Å²) >= 11 is 0. The van der Waals surface area contributed by atoms with Gasteiger partial charge in [-0.2, -0.15) is 0 Å². The molecule has 26 heavy (non-hydrogen) atoms. The van der Waals surface area contributed by atoms with Crippen LogP contribution in [0, 0.1) is 23.2 Å².